The molecule has 1 spiro atoms. The van der Waals surface area contributed by atoms with Crippen LogP contribution < -0.4 is 10.6 Å². The van der Waals surface area contributed by atoms with Crippen LogP contribution in [0.15, 0.2) is 18.2 Å². The number of rotatable bonds is 0. The van der Waals surface area contributed by atoms with Gasteiger partial charge in [0.2, 0.25) is 5.91 Å². The number of benzene rings is 1. The van der Waals surface area contributed by atoms with Gasteiger partial charge in [0.25, 0.3) is 0 Å². The van der Waals surface area contributed by atoms with Gasteiger partial charge < -0.3 is 10.6 Å². The Morgan fingerprint density at radius 3 is 2.44 bits per heavy atom. The van der Waals surface area contributed by atoms with Crippen LogP contribution in [0.5, 0.6) is 0 Å². The number of nitrogens with one attached hydrogen (secondary N) is 2. The Bertz CT molecular complexity index is 521. The molecule has 1 aliphatic heterocycles. The van der Waals surface area contributed by atoms with E-state index in [4.69, 9.17) is 0 Å². The number of halogens is 3. The Morgan fingerprint density at radius 1 is 1.17 bits per heavy atom. The molecule has 0 radical (unpaired) electrons. The maximum Gasteiger partial charge on any atom is 0.416 e. The highest BCUT2D eigenvalue weighted by Gasteiger charge is 2.47. The second kappa shape index (κ2) is 3.40. The molecular weight excluding hydrogens is 245 g/mol. The summed E-state index contributed by atoms with van der Waals surface area (Å²) in [6.07, 6.45) is -2.00. The van der Waals surface area contributed by atoms with E-state index < -0.39 is 17.3 Å². The first kappa shape index (κ1) is 11.4. The molecule has 3 nitrogen and oxygen atoms in total. The zero-order chi connectivity index (χ0) is 13.0. The SMILES string of the molecule is O=C1Nc2cc(C(F)(F)F)ccc2NC12CCC2. The van der Waals surface area contributed by atoms with Crippen LogP contribution in [-0.2, 0) is 11.0 Å². The van der Waals surface area contributed by atoms with Crippen molar-refractivity contribution in [1.82, 2.24) is 0 Å². The summed E-state index contributed by atoms with van der Waals surface area (Å²) in [4.78, 5) is 11.9. The highest BCUT2D eigenvalue weighted by molar-refractivity contribution is 6.06. The molecule has 2 aliphatic rings. The van der Waals surface area contributed by atoms with E-state index in [2.05, 4.69) is 10.6 Å². The zero-order valence-electron chi connectivity index (χ0n) is 9.40. The van der Waals surface area contributed by atoms with E-state index in [1.54, 1.807) is 0 Å². The molecule has 1 aromatic rings. The summed E-state index contributed by atoms with van der Waals surface area (Å²) < 4.78 is 37.7. The van der Waals surface area contributed by atoms with E-state index in [-0.39, 0.29) is 11.6 Å². The highest BCUT2D eigenvalue weighted by Crippen LogP contribution is 2.43. The van der Waals surface area contributed by atoms with Crippen LogP contribution >= 0.6 is 0 Å². The minimum atomic E-state index is -4.40. The van der Waals surface area contributed by atoms with Gasteiger partial charge in [-0.3, -0.25) is 4.79 Å². The minimum absolute atomic E-state index is 0.201. The highest BCUT2D eigenvalue weighted by atomic mass is 19.4. The van der Waals surface area contributed by atoms with Gasteiger partial charge in [0, 0.05) is 0 Å². The topological polar surface area (TPSA) is 41.1 Å². The average Bonchev–Trinajstić information content (AvgIpc) is 2.23. The van der Waals surface area contributed by atoms with E-state index in [1.807, 2.05) is 0 Å². The molecule has 0 unspecified atom stereocenters. The van der Waals surface area contributed by atoms with Crippen molar-refractivity contribution in [3.05, 3.63) is 23.8 Å². The molecule has 3 rings (SSSR count). The monoisotopic (exact) mass is 256 g/mol. The van der Waals surface area contributed by atoms with Gasteiger partial charge in [-0.1, -0.05) is 0 Å². The summed E-state index contributed by atoms with van der Waals surface area (Å²) in [7, 11) is 0. The Labute approximate surface area is 101 Å². The summed E-state index contributed by atoms with van der Waals surface area (Å²) in [5, 5.41) is 5.62. The van der Waals surface area contributed by atoms with Crippen molar-refractivity contribution in [1.29, 1.82) is 0 Å². The fourth-order valence-corrected chi connectivity index (χ4v) is 2.37. The first-order chi connectivity index (χ1) is 8.41. The van der Waals surface area contributed by atoms with Gasteiger partial charge in [-0.05, 0) is 37.5 Å². The lowest BCUT2D eigenvalue weighted by Crippen LogP contribution is -2.57. The van der Waals surface area contributed by atoms with Gasteiger partial charge in [0.05, 0.1) is 16.9 Å². The van der Waals surface area contributed by atoms with E-state index in [1.165, 1.54) is 6.07 Å². The van der Waals surface area contributed by atoms with Crippen molar-refractivity contribution in [2.24, 2.45) is 0 Å². The number of fused-ring (bicyclic) bond motifs is 1. The van der Waals surface area contributed by atoms with Crippen LogP contribution in [0.1, 0.15) is 24.8 Å². The fourth-order valence-electron chi connectivity index (χ4n) is 2.37. The van der Waals surface area contributed by atoms with Crippen molar-refractivity contribution < 1.29 is 18.0 Å². The molecule has 1 aromatic carbocycles. The molecule has 1 saturated carbocycles. The van der Waals surface area contributed by atoms with Crippen LogP contribution in [0.3, 0.4) is 0 Å². The van der Waals surface area contributed by atoms with Crippen molar-refractivity contribution in [2.75, 3.05) is 10.6 Å². The third kappa shape index (κ3) is 1.55. The maximum absolute atomic E-state index is 12.6. The molecule has 1 amide bonds. The Hall–Kier alpha value is -1.72. The molecule has 0 bridgehead atoms. The second-order valence-corrected chi connectivity index (χ2v) is 4.77. The second-order valence-electron chi connectivity index (χ2n) is 4.77. The van der Waals surface area contributed by atoms with Crippen molar-refractivity contribution >= 4 is 17.3 Å². The van der Waals surface area contributed by atoms with Crippen molar-refractivity contribution in [3.8, 4) is 0 Å². The van der Waals surface area contributed by atoms with Gasteiger partial charge >= 0.3 is 6.18 Å². The van der Waals surface area contributed by atoms with Crippen LogP contribution in [0.2, 0.25) is 0 Å². The number of carbonyl (C=O) groups is 1. The van der Waals surface area contributed by atoms with E-state index in [0.717, 1.165) is 31.4 Å². The Morgan fingerprint density at radius 2 is 1.89 bits per heavy atom. The third-order valence-corrected chi connectivity index (χ3v) is 3.61. The van der Waals surface area contributed by atoms with Crippen LogP contribution in [0, 0.1) is 0 Å². The molecule has 2 N–H and O–H groups in total. The summed E-state index contributed by atoms with van der Waals surface area (Å²) in [6.45, 7) is 0. The maximum atomic E-state index is 12.6. The smallest absolute Gasteiger partial charge is 0.370 e. The Balaban J connectivity index is 1.98. The van der Waals surface area contributed by atoms with Gasteiger partial charge in [-0.25, -0.2) is 0 Å². The van der Waals surface area contributed by atoms with Crippen LogP contribution in [-0.4, -0.2) is 11.4 Å². The first-order valence-corrected chi connectivity index (χ1v) is 5.72. The van der Waals surface area contributed by atoms with E-state index in [9.17, 15) is 18.0 Å². The molecule has 0 atom stereocenters. The molecule has 96 valence electrons. The zero-order valence-corrected chi connectivity index (χ0v) is 9.40. The van der Waals surface area contributed by atoms with Gasteiger partial charge in [0.15, 0.2) is 0 Å². The van der Waals surface area contributed by atoms with Gasteiger partial charge in [-0.2, -0.15) is 13.2 Å². The molecule has 0 aromatic heterocycles. The molecule has 18 heavy (non-hydrogen) atoms. The number of alkyl halides is 3. The Kier molecular flexibility index (Phi) is 2.15. The van der Waals surface area contributed by atoms with Gasteiger partial charge in [-0.15, -0.1) is 0 Å². The number of anilines is 2. The first-order valence-electron chi connectivity index (χ1n) is 5.72. The van der Waals surface area contributed by atoms with Crippen LogP contribution in [0.25, 0.3) is 0 Å². The quantitative estimate of drug-likeness (QED) is 0.749. The van der Waals surface area contributed by atoms with E-state index >= 15 is 0 Å². The summed E-state index contributed by atoms with van der Waals surface area (Å²) in [5.41, 5.74) is -0.602. The molecule has 0 saturated heterocycles. The normalized spacial score (nSPS) is 20.7. The summed E-state index contributed by atoms with van der Waals surface area (Å²) in [6, 6.07) is 3.36. The van der Waals surface area contributed by atoms with Crippen molar-refractivity contribution in [2.45, 2.75) is 31.0 Å². The standard InChI is InChI=1S/C12H11F3N2O/c13-12(14,15)7-2-3-8-9(6-7)16-10(18)11(17-8)4-1-5-11/h2-3,6,17H,1,4-5H2,(H,16,18). The lowest BCUT2D eigenvalue weighted by molar-refractivity contribution is -0.137. The molecule has 6 heteroatoms. The molecule has 1 heterocycles. The predicted molar refractivity (Wildman–Crippen MR) is 60.3 cm³/mol. The van der Waals surface area contributed by atoms with Gasteiger partial charge in [0.1, 0.15) is 5.54 Å². The lowest BCUT2D eigenvalue weighted by atomic mass is 9.74. The van der Waals surface area contributed by atoms with Crippen molar-refractivity contribution in [3.63, 3.8) is 0 Å². The van der Waals surface area contributed by atoms with E-state index in [0.29, 0.717) is 5.69 Å². The third-order valence-electron chi connectivity index (χ3n) is 3.61. The minimum Gasteiger partial charge on any atom is -0.370 e. The largest absolute Gasteiger partial charge is 0.416 e. The number of hydrogen-bond donors (Lipinski definition) is 2. The lowest BCUT2D eigenvalue weighted by Gasteiger charge is -2.45. The number of hydrogen-bond acceptors (Lipinski definition) is 2. The number of carbonyl (C=O) groups excluding carboxylic acids is 1. The summed E-state index contributed by atoms with van der Waals surface area (Å²) >= 11 is 0. The molecule has 1 aliphatic carbocycles. The van der Waals surface area contributed by atoms with Crippen LogP contribution in [0.4, 0.5) is 24.5 Å². The molecular formula is C12H11F3N2O. The number of amides is 1. The predicted octanol–water partition coefficient (Wildman–Crippen LogP) is 2.99. The summed E-state index contributed by atoms with van der Waals surface area (Å²) in [5.74, 6) is -0.236. The average molecular weight is 256 g/mol. The molecule has 1 fully saturated rings. The fraction of sp³-hybridized carbons (Fsp3) is 0.417.